The fourth-order valence-electron chi connectivity index (χ4n) is 1.30. The highest BCUT2D eigenvalue weighted by molar-refractivity contribution is 6.99. The molecule has 1 atom stereocenters. The second-order valence-corrected chi connectivity index (χ2v) is 3.51. The zero-order chi connectivity index (χ0) is 9.10. The van der Waals surface area contributed by atoms with Crippen LogP contribution in [0.1, 0.15) is 16.9 Å². The summed E-state index contributed by atoms with van der Waals surface area (Å²) >= 11 is 1.05. The van der Waals surface area contributed by atoms with Crippen molar-refractivity contribution in [2.45, 2.75) is 12.5 Å². The molecule has 2 N–H and O–H groups in total. The lowest BCUT2D eigenvalue weighted by atomic mass is 10.2. The standard InChI is InChI=1S/C7H10N4OS/c12-7(6-4-9-13-11-6)10-5-1-2-8-3-5/h4-5,8H,1-3H2,(H,10,12)/t5-/m1/s1. The van der Waals surface area contributed by atoms with Crippen LogP contribution in [0.15, 0.2) is 6.20 Å². The lowest BCUT2D eigenvalue weighted by molar-refractivity contribution is 0.0936. The van der Waals surface area contributed by atoms with Gasteiger partial charge in [0.05, 0.1) is 17.9 Å². The van der Waals surface area contributed by atoms with Crippen LogP contribution in [0.25, 0.3) is 0 Å². The fourth-order valence-corrected chi connectivity index (χ4v) is 1.71. The Hall–Kier alpha value is -1.01. The van der Waals surface area contributed by atoms with Crippen LogP contribution in [-0.2, 0) is 0 Å². The summed E-state index contributed by atoms with van der Waals surface area (Å²) in [6.45, 7) is 1.82. The van der Waals surface area contributed by atoms with Crippen molar-refractivity contribution in [1.29, 1.82) is 0 Å². The second kappa shape index (κ2) is 3.80. The zero-order valence-corrected chi connectivity index (χ0v) is 7.80. The van der Waals surface area contributed by atoms with Crippen molar-refractivity contribution in [3.05, 3.63) is 11.9 Å². The molecule has 1 aromatic heterocycles. The summed E-state index contributed by atoms with van der Waals surface area (Å²) in [5.74, 6) is -0.123. The highest BCUT2D eigenvalue weighted by atomic mass is 32.1. The van der Waals surface area contributed by atoms with Gasteiger partial charge in [-0.3, -0.25) is 4.79 Å². The lowest BCUT2D eigenvalue weighted by Gasteiger charge is -2.08. The Labute approximate surface area is 79.9 Å². The molecular formula is C7H10N4OS. The molecule has 13 heavy (non-hydrogen) atoms. The first kappa shape index (κ1) is 8.58. The van der Waals surface area contributed by atoms with E-state index >= 15 is 0 Å². The van der Waals surface area contributed by atoms with Crippen molar-refractivity contribution in [3.63, 3.8) is 0 Å². The second-order valence-electron chi connectivity index (χ2n) is 2.96. The molecule has 2 heterocycles. The summed E-state index contributed by atoms with van der Waals surface area (Å²) in [4.78, 5) is 11.4. The molecule has 0 bridgehead atoms. The number of carbonyl (C=O) groups is 1. The van der Waals surface area contributed by atoms with Crippen LogP contribution >= 0.6 is 11.7 Å². The number of nitrogens with zero attached hydrogens (tertiary/aromatic N) is 2. The number of hydrogen-bond donors (Lipinski definition) is 2. The smallest absolute Gasteiger partial charge is 0.272 e. The van der Waals surface area contributed by atoms with Crippen molar-refractivity contribution < 1.29 is 4.79 Å². The van der Waals surface area contributed by atoms with Crippen LogP contribution in [0, 0.1) is 0 Å². The zero-order valence-electron chi connectivity index (χ0n) is 6.99. The lowest BCUT2D eigenvalue weighted by Crippen LogP contribution is -2.36. The summed E-state index contributed by atoms with van der Waals surface area (Å²) in [6.07, 6.45) is 2.48. The summed E-state index contributed by atoms with van der Waals surface area (Å²) in [6, 6.07) is 0.245. The first-order valence-electron chi connectivity index (χ1n) is 4.15. The van der Waals surface area contributed by atoms with Crippen molar-refractivity contribution in [1.82, 2.24) is 19.4 Å². The van der Waals surface area contributed by atoms with E-state index in [1.165, 1.54) is 6.20 Å². The molecule has 0 aliphatic carbocycles. The molecule has 0 radical (unpaired) electrons. The molecule has 1 saturated heterocycles. The predicted molar refractivity (Wildman–Crippen MR) is 48.6 cm³/mol. The Kier molecular flexibility index (Phi) is 2.51. The van der Waals surface area contributed by atoms with Crippen LogP contribution in [0.2, 0.25) is 0 Å². The molecule has 0 saturated carbocycles. The molecule has 0 unspecified atom stereocenters. The van der Waals surface area contributed by atoms with E-state index < -0.39 is 0 Å². The summed E-state index contributed by atoms with van der Waals surface area (Å²) in [5.41, 5.74) is 0.414. The van der Waals surface area contributed by atoms with Crippen molar-refractivity contribution in [3.8, 4) is 0 Å². The van der Waals surface area contributed by atoms with Gasteiger partial charge in [-0.05, 0) is 13.0 Å². The van der Waals surface area contributed by atoms with Gasteiger partial charge in [0.2, 0.25) is 0 Å². The summed E-state index contributed by atoms with van der Waals surface area (Å²) in [5, 5.41) is 6.06. The molecule has 1 amide bonds. The van der Waals surface area contributed by atoms with E-state index in [0.29, 0.717) is 5.69 Å². The maximum absolute atomic E-state index is 11.4. The Bertz CT molecular complexity index is 281. The average Bonchev–Trinajstić information content (AvgIpc) is 2.74. The van der Waals surface area contributed by atoms with E-state index in [9.17, 15) is 4.79 Å². The van der Waals surface area contributed by atoms with Gasteiger partial charge >= 0.3 is 0 Å². The monoisotopic (exact) mass is 198 g/mol. The van der Waals surface area contributed by atoms with Crippen LogP contribution in [0.4, 0.5) is 0 Å². The van der Waals surface area contributed by atoms with E-state index in [1.54, 1.807) is 0 Å². The largest absolute Gasteiger partial charge is 0.347 e. The summed E-state index contributed by atoms with van der Waals surface area (Å²) < 4.78 is 7.63. The Balaban J connectivity index is 1.91. The maximum Gasteiger partial charge on any atom is 0.272 e. The SMILES string of the molecule is O=C(N[C@@H]1CCNC1)c1cnsn1. The van der Waals surface area contributed by atoms with E-state index in [2.05, 4.69) is 19.4 Å². The summed E-state index contributed by atoms with van der Waals surface area (Å²) in [7, 11) is 0. The molecule has 1 aliphatic rings. The Morgan fingerprint density at radius 2 is 2.69 bits per heavy atom. The Morgan fingerprint density at radius 3 is 3.31 bits per heavy atom. The van der Waals surface area contributed by atoms with Crippen LogP contribution in [0.3, 0.4) is 0 Å². The van der Waals surface area contributed by atoms with Crippen LogP contribution in [-0.4, -0.2) is 33.8 Å². The van der Waals surface area contributed by atoms with Gasteiger partial charge in [-0.1, -0.05) is 0 Å². The maximum atomic E-state index is 11.4. The van der Waals surface area contributed by atoms with Gasteiger partial charge in [0.1, 0.15) is 0 Å². The van der Waals surface area contributed by atoms with Gasteiger partial charge < -0.3 is 10.6 Å². The van der Waals surface area contributed by atoms with E-state index in [-0.39, 0.29) is 11.9 Å². The molecule has 1 aliphatic heterocycles. The number of carbonyl (C=O) groups excluding carboxylic acids is 1. The molecule has 0 aromatic carbocycles. The van der Waals surface area contributed by atoms with Crippen LogP contribution < -0.4 is 10.6 Å². The highest BCUT2D eigenvalue weighted by Crippen LogP contribution is 2.00. The molecule has 1 fully saturated rings. The van der Waals surface area contributed by atoms with Gasteiger partial charge in [-0.15, -0.1) is 0 Å². The van der Waals surface area contributed by atoms with Gasteiger partial charge in [-0.25, -0.2) is 0 Å². The minimum atomic E-state index is -0.123. The number of rotatable bonds is 2. The third-order valence-corrected chi connectivity index (χ3v) is 2.47. The predicted octanol–water partition coefficient (Wildman–Crippen LogP) is -0.370. The topological polar surface area (TPSA) is 66.9 Å². The third-order valence-electron chi connectivity index (χ3n) is 1.99. The van der Waals surface area contributed by atoms with E-state index in [0.717, 1.165) is 31.2 Å². The van der Waals surface area contributed by atoms with Crippen LogP contribution in [0.5, 0.6) is 0 Å². The molecule has 70 valence electrons. The van der Waals surface area contributed by atoms with Gasteiger partial charge in [-0.2, -0.15) is 8.75 Å². The first-order valence-corrected chi connectivity index (χ1v) is 4.88. The minimum Gasteiger partial charge on any atom is -0.347 e. The molecule has 0 spiro atoms. The van der Waals surface area contributed by atoms with Gasteiger partial charge in [0.25, 0.3) is 5.91 Å². The normalized spacial score (nSPS) is 21.7. The van der Waals surface area contributed by atoms with Crippen molar-refractivity contribution >= 4 is 17.6 Å². The molecule has 1 aromatic rings. The van der Waals surface area contributed by atoms with Crippen molar-refractivity contribution in [2.75, 3.05) is 13.1 Å². The number of nitrogens with one attached hydrogen (secondary N) is 2. The number of aromatic nitrogens is 2. The first-order chi connectivity index (χ1) is 6.36. The number of amides is 1. The third kappa shape index (κ3) is 2.02. The fraction of sp³-hybridized carbons (Fsp3) is 0.571. The molecular weight excluding hydrogens is 188 g/mol. The van der Waals surface area contributed by atoms with Crippen molar-refractivity contribution in [2.24, 2.45) is 0 Å². The number of hydrogen-bond acceptors (Lipinski definition) is 5. The average molecular weight is 198 g/mol. The van der Waals surface area contributed by atoms with Gasteiger partial charge in [0.15, 0.2) is 5.69 Å². The minimum absolute atomic E-state index is 0.123. The molecule has 5 nitrogen and oxygen atoms in total. The Morgan fingerprint density at radius 1 is 1.77 bits per heavy atom. The highest BCUT2D eigenvalue weighted by Gasteiger charge is 2.18. The quantitative estimate of drug-likeness (QED) is 0.680. The van der Waals surface area contributed by atoms with E-state index in [1.807, 2.05) is 0 Å². The molecule has 6 heteroatoms. The molecule has 2 rings (SSSR count). The van der Waals surface area contributed by atoms with E-state index in [4.69, 9.17) is 0 Å². The van der Waals surface area contributed by atoms with Gasteiger partial charge in [0, 0.05) is 12.6 Å².